The number of para-hydroxylation sites is 1. The number of thiazole rings is 1. The van der Waals surface area contributed by atoms with Gasteiger partial charge in [0.2, 0.25) is 5.91 Å². The Labute approximate surface area is 174 Å². The molecule has 2 aromatic carbocycles. The molecule has 0 fully saturated rings. The Hall–Kier alpha value is -3.10. The van der Waals surface area contributed by atoms with Crippen molar-refractivity contribution in [3.8, 4) is 11.5 Å². The maximum Gasteiger partial charge on any atom is 0.257 e. The van der Waals surface area contributed by atoms with Crippen molar-refractivity contribution in [3.63, 3.8) is 0 Å². The molecule has 0 bridgehead atoms. The quantitative estimate of drug-likeness (QED) is 0.472. The molecule has 8 heteroatoms. The molecular weight excluding hydrogens is 406 g/mol. The minimum Gasteiger partial charge on any atom is -0.454 e. The Morgan fingerprint density at radius 3 is 2.93 bits per heavy atom. The number of nitrogens with zero attached hydrogens (tertiary/aromatic N) is 1. The van der Waals surface area contributed by atoms with Crippen LogP contribution < -0.4 is 10.6 Å². The summed E-state index contributed by atoms with van der Waals surface area (Å²) in [6, 6.07) is 15.0. The Balaban J connectivity index is 1.35. The summed E-state index contributed by atoms with van der Waals surface area (Å²) >= 11 is 2.81. The summed E-state index contributed by atoms with van der Waals surface area (Å²) in [7, 11) is 0. The van der Waals surface area contributed by atoms with Gasteiger partial charge in [0, 0.05) is 21.2 Å². The monoisotopic (exact) mass is 421 g/mol. The average Bonchev–Trinajstić information content (AvgIpc) is 3.35. The lowest BCUT2D eigenvalue weighted by atomic mass is 10.2. The van der Waals surface area contributed by atoms with Crippen LogP contribution in [0.25, 0.3) is 22.4 Å². The molecular formula is C21H15N3O3S2. The highest BCUT2D eigenvalue weighted by Gasteiger charge is 2.24. The third-order valence-electron chi connectivity index (χ3n) is 4.58. The van der Waals surface area contributed by atoms with Gasteiger partial charge >= 0.3 is 0 Å². The molecule has 0 saturated heterocycles. The van der Waals surface area contributed by atoms with E-state index in [1.165, 1.54) is 23.1 Å². The maximum absolute atomic E-state index is 12.6. The Bertz CT molecular complexity index is 1230. The van der Waals surface area contributed by atoms with E-state index >= 15 is 0 Å². The van der Waals surface area contributed by atoms with Gasteiger partial charge in [-0.1, -0.05) is 18.2 Å². The predicted molar refractivity (Wildman–Crippen MR) is 116 cm³/mol. The van der Waals surface area contributed by atoms with Crippen LogP contribution in [-0.4, -0.2) is 22.0 Å². The Morgan fingerprint density at radius 2 is 2.07 bits per heavy atom. The van der Waals surface area contributed by atoms with Crippen molar-refractivity contribution in [1.82, 2.24) is 4.98 Å². The van der Waals surface area contributed by atoms with Crippen molar-refractivity contribution in [1.29, 1.82) is 0 Å². The van der Waals surface area contributed by atoms with E-state index in [2.05, 4.69) is 15.6 Å². The summed E-state index contributed by atoms with van der Waals surface area (Å²) in [6.07, 6.45) is 0. The van der Waals surface area contributed by atoms with Gasteiger partial charge in [0.1, 0.15) is 11.3 Å². The molecule has 1 aliphatic rings. The smallest absolute Gasteiger partial charge is 0.257 e. The summed E-state index contributed by atoms with van der Waals surface area (Å²) in [5, 5.41) is 8.85. The summed E-state index contributed by atoms with van der Waals surface area (Å²) in [4.78, 5) is 29.9. The summed E-state index contributed by atoms with van der Waals surface area (Å²) in [5.41, 5.74) is 2.58. The number of hydrogen-bond donors (Lipinski definition) is 2. The van der Waals surface area contributed by atoms with Crippen LogP contribution in [0.15, 0.2) is 63.2 Å². The molecule has 1 atom stereocenters. The second-order valence-electron chi connectivity index (χ2n) is 6.60. The number of anilines is 2. The third-order valence-corrected chi connectivity index (χ3v) is 6.51. The molecule has 0 saturated carbocycles. The van der Waals surface area contributed by atoms with Gasteiger partial charge in [-0.2, -0.15) is 0 Å². The van der Waals surface area contributed by atoms with E-state index in [9.17, 15) is 9.59 Å². The van der Waals surface area contributed by atoms with Crippen LogP contribution >= 0.6 is 23.1 Å². The van der Waals surface area contributed by atoms with E-state index in [1.54, 1.807) is 12.1 Å². The molecule has 6 nitrogen and oxygen atoms in total. The van der Waals surface area contributed by atoms with Crippen LogP contribution in [0.1, 0.15) is 17.3 Å². The summed E-state index contributed by atoms with van der Waals surface area (Å²) < 4.78 is 5.83. The van der Waals surface area contributed by atoms with Crippen molar-refractivity contribution in [2.75, 3.05) is 10.6 Å². The van der Waals surface area contributed by atoms with E-state index in [1.807, 2.05) is 48.7 Å². The van der Waals surface area contributed by atoms with E-state index in [4.69, 9.17) is 4.42 Å². The number of rotatable bonds is 3. The molecule has 2 N–H and O–H groups in total. The highest BCUT2D eigenvalue weighted by molar-refractivity contribution is 8.00. The summed E-state index contributed by atoms with van der Waals surface area (Å²) in [6.45, 7) is 1.85. The molecule has 1 aliphatic heterocycles. The number of benzene rings is 2. The highest BCUT2D eigenvalue weighted by atomic mass is 32.2. The van der Waals surface area contributed by atoms with Crippen molar-refractivity contribution >= 4 is 56.7 Å². The maximum atomic E-state index is 12.6. The van der Waals surface area contributed by atoms with Crippen LogP contribution in [0, 0.1) is 0 Å². The molecule has 2 amide bonds. The number of aromatic nitrogens is 1. The van der Waals surface area contributed by atoms with E-state index in [0.29, 0.717) is 27.8 Å². The number of carbonyl (C=O) groups is 2. The predicted octanol–water partition coefficient (Wildman–Crippen LogP) is 5.24. The molecule has 0 spiro atoms. The second kappa shape index (κ2) is 7.06. The molecule has 0 radical (unpaired) electrons. The minimum absolute atomic E-state index is 0.0598. The number of hydrogen-bond acceptors (Lipinski definition) is 6. The molecule has 144 valence electrons. The van der Waals surface area contributed by atoms with E-state index in [0.717, 1.165) is 15.9 Å². The number of fused-ring (bicyclic) bond motifs is 2. The Kier molecular flexibility index (Phi) is 4.37. The second-order valence-corrected chi connectivity index (χ2v) is 8.84. The van der Waals surface area contributed by atoms with Gasteiger partial charge < -0.3 is 9.73 Å². The molecule has 2 aromatic heterocycles. The zero-order valence-electron chi connectivity index (χ0n) is 15.3. The lowest BCUT2D eigenvalue weighted by molar-refractivity contribution is -0.115. The zero-order chi connectivity index (χ0) is 20.0. The fraction of sp³-hybridized carbons (Fsp3) is 0.0952. The summed E-state index contributed by atoms with van der Waals surface area (Å²) in [5.74, 6) is 0.317. The van der Waals surface area contributed by atoms with Crippen molar-refractivity contribution in [2.24, 2.45) is 0 Å². The van der Waals surface area contributed by atoms with E-state index < -0.39 is 0 Å². The molecule has 1 unspecified atom stereocenters. The first kappa shape index (κ1) is 18.0. The van der Waals surface area contributed by atoms with Gasteiger partial charge in [-0.15, -0.1) is 23.1 Å². The van der Waals surface area contributed by atoms with Crippen LogP contribution in [0.4, 0.5) is 10.8 Å². The van der Waals surface area contributed by atoms with Gasteiger partial charge in [-0.05, 0) is 37.3 Å². The Morgan fingerprint density at radius 1 is 1.21 bits per heavy atom. The lowest BCUT2D eigenvalue weighted by Crippen LogP contribution is -2.26. The van der Waals surface area contributed by atoms with Gasteiger partial charge in [-0.25, -0.2) is 4.98 Å². The normalized spacial score (nSPS) is 15.8. The van der Waals surface area contributed by atoms with Gasteiger partial charge in [0.05, 0.1) is 10.9 Å². The minimum atomic E-state index is -0.281. The fourth-order valence-electron chi connectivity index (χ4n) is 3.07. The van der Waals surface area contributed by atoms with Gasteiger partial charge in [0.25, 0.3) is 5.91 Å². The number of thioether (sulfide) groups is 1. The van der Waals surface area contributed by atoms with Crippen molar-refractivity contribution < 1.29 is 14.0 Å². The van der Waals surface area contributed by atoms with Crippen molar-refractivity contribution in [2.45, 2.75) is 17.1 Å². The van der Waals surface area contributed by atoms with Gasteiger partial charge in [-0.3, -0.25) is 14.9 Å². The largest absolute Gasteiger partial charge is 0.454 e. The van der Waals surface area contributed by atoms with Crippen LogP contribution in [0.5, 0.6) is 0 Å². The third kappa shape index (κ3) is 3.41. The lowest BCUT2D eigenvalue weighted by Gasteiger charge is -2.21. The molecule has 29 heavy (non-hydrogen) atoms. The molecule has 5 rings (SSSR count). The zero-order valence-corrected chi connectivity index (χ0v) is 16.9. The number of carbonyl (C=O) groups excluding carboxylic acids is 2. The van der Waals surface area contributed by atoms with Crippen LogP contribution in [0.2, 0.25) is 0 Å². The molecule has 0 aliphatic carbocycles. The first-order valence-electron chi connectivity index (χ1n) is 8.94. The number of furan rings is 1. The first-order valence-corrected chi connectivity index (χ1v) is 10.7. The van der Waals surface area contributed by atoms with E-state index in [-0.39, 0.29) is 17.1 Å². The van der Waals surface area contributed by atoms with Gasteiger partial charge in [0.15, 0.2) is 10.9 Å². The first-order chi connectivity index (χ1) is 14.1. The molecule has 3 heterocycles. The molecule has 4 aromatic rings. The number of amides is 2. The van der Waals surface area contributed by atoms with Crippen LogP contribution in [0.3, 0.4) is 0 Å². The SMILES string of the molecule is CC1Sc2ccc(C(=O)Nc3nc(-c4cc5ccccc5o4)cs3)cc2NC1=O. The van der Waals surface area contributed by atoms with Crippen molar-refractivity contribution in [3.05, 3.63) is 59.5 Å². The number of nitrogens with one attached hydrogen (secondary N) is 2. The fourth-order valence-corrected chi connectivity index (χ4v) is 4.70. The van der Waals surface area contributed by atoms with Crippen LogP contribution in [-0.2, 0) is 4.79 Å². The highest BCUT2D eigenvalue weighted by Crippen LogP contribution is 2.36. The standard InChI is InChI=1S/C21H15N3O3S2/c1-11-19(25)22-14-8-13(6-7-18(14)29-11)20(26)24-21-23-15(10-28-21)17-9-12-4-2-3-5-16(12)27-17/h2-11H,1H3,(H,22,25)(H,23,24,26). The average molecular weight is 422 g/mol. The topological polar surface area (TPSA) is 84.2 Å².